The number of halogens is 1. The highest BCUT2D eigenvalue weighted by Crippen LogP contribution is 2.33. The van der Waals surface area contributed by atoms with Crippen molar-refractivity contribution in [2.45, 2.75) is 13.8 Å². The number of nitrogens with zero attached hydrogens (tertiary/aromatic N) is 5. The molecule has 2 atom stereocenters. The van der Waals surface area contributed by atoms with Crippen LogP contribution in [0.1, 0.15) is 11.3 Å². The van der Waals surface area contributed by atoms with E-state index in [1.165, 1.54) is 6.92 Å². The number of aromatic amines is 1. The molecule has 8 heteroatoms. The van der Waals surface area contributed by atoms with Gasteiger partial charge in [-0.15, -0.1) is 0 Å². The van der Waals surface area contributed by atoms with Gasteiger partial charge in [0.05, 0.1) is 5.69 Å². The van der Waals surface area contributed by atoms with Crippen LogP contribution in [-0.4, -0.2) is 46.1 Å². The molecule has 2 unspecified atom stereocenters. The van der Waals surface area contributed by atoms with Crippen LogP contribution in [-0.2, 0) is 0 Å². The summed E-state index contributed by atoms with van der Waals surface area (Å²) < 4.78 is 13.5. The Hall–Kier alpha value is -2.51. The van der Waals surface area contributed by atoms with E-state index in [4.69, 9.17) is 0 Å². The highest BCUT2D eigenvalue weighted by molar-refractivity contribution is 5.38. The zero-order valence-corrected chi connectivity index (χ0v) is 13.7. The molecule has 0 aromatic carbocycles. The maximum Gasteiger partial charge on any atom is 0.288 e. The molecule has 2 aliphatic rings. The Balaban J connectivity index is 1.48. The minimum absolute atomic E-state index is 0.139. The third-order valence-electron chi connectivity index (χ3n) is 4.85. The summed E-state index contributed by atoms with van der Waals surface area (Å²) in [5, 5.41) is 0. The van der Waals surface area contributed by atoms with Crippen molar-refractivity contribution in [2.24, 2.45) is 11.8 Å². The largest absolute Gasteiger partial charge is 0.342 e. The fraction of sp³-hybridized carbons (Fsp3) is 0.500. The summed E-state index contributed by atoms with van der Waals surface area (Å²) >= 11 is 0. The number of hydrogen-bond donors (Lipinski definition) is 1. The van der Waals surface area contributed by atoms with Crippen LogP contribution in [0.25, 0.3) is 0 Å². The van der Waals surface area contributed by atoms with Gasteiger partial charge in [0.25, 0.3) is 5.56 Å². The van der Waals surface area contributed by atoms with Crippen LogP contribution in [0, 0.1) is 31.5 Å². The van der Waals surface area contributed by atoms with Crippen LogP contribution in [0.5, 0.6) is 0 Å². The summed E-state index contributed by atoms with van der Waals surface area (Å²) in [5.74, 6) is 1.36. The smallest absolute Gasteiger partial charge is 0.288 e. The average Bonchev–Trinajstić information content (AvgIpc) is 3.11. The molecule has 0 bridgehead atoms. The Morgan fingerprint density at radius 2 is 1.67 bits per heavy atom. The molecule has 4 heterocycles. The van der Waals surface area contributed by atoms with Gasteiger partial charge in [-0.05, 0) is 19.4 Å². The number of fused-ring (bicyclic) bond motifs is 1. The van der Waals surface area contributed by atoms with Gasteiger partial charge in [-0.25, -0.2) is 15.0 Å². The highest BCUT2D eigenvalue weighted by Gasteiger charge is 2.41. The van der Waals surface area contributed by atoms with E-state index in [-0.39, 0.29) is 5.69 Å². The number of nitrogens with one attached hydrogen (secondary N) is 1. The molecular weight excluding hydrogens is 311 g/mol. The molecule has 4 rings (SSSR count). The molecule has 2 saturated heterocycles. The first-order valence-corrected chi connectivity index (χ1v) is 8.06. The van der Waals surface area contributed by atoms with E-state index in [9.17, 15) is 9.18 Å². The van der Waals surface area contributed by atoms with Crippen molar-refractivity contribution < 1.29 is 4.39 Å². The molecule has 126 valence electrons. The summed E-state index contributed by atoms with van der Waals surface area (Å²) in [4.78, 5) is 31.4. The fourth-order valence-corrected chi connectivity index (χ4v) is 3.58. The molecule has 2 aliphatic heterocycles. The molecule has 2 fully saturated rings. The van der Waals surface area contributed by atoms with Crippen molar-refractivity contribution in [1.29, 1.82) is 0 Å². The van der Waals surface area contributed by atoms with Gasteiger partial charge in [0, 0.05) is 50.4 Å². The van der Waals surface area contributed by atoms with Crippen molar-refractivity contribution in [3.63, 3.8) is 0 Å². The van der Waals surface area contributed by atoms with E-state index < -0.39 is 11.4 Å². The lowest BCUT2D eigenvalue weighted by molar-refractivity contribution is 0.533. The Kier molecular flexibility index (Phi) is 3.47. The van der Waals surface area contributed by atoms with Gasteiger partial charge in [0.15, 0.2) is 0 Å². The van der Waals surface area contributed by atoms with Gasteiger partial charge in [0.2, 0.25) is 17.7 Å². The van der Waals surface area contributed by atoms with Crippen LogP contribution in [0.2, 0.25) is 0 Å². The van der Waals surface area contributed by atoms with Crippen molar-refractivity contribution in [3.05, 3.63) is 39.8 Å². The minimum Gasteiger partial charge on any atom is -0.342 e. The molecule has 24 heavy (non-hydrogen) atoms. The van der Waals surface area contributed by atoms with Gasteiger partial charge in [-0.1, -0.05) is 0 Å². The van der Waals surface area contributed by atoms with E-state index in [1.807, 2.05) is 24.2 Å². The van der Waals surface area contributed by atoms with Crippen LogP contribution in [0.15, 0.2) is 17.2 Å². The molecule has 0 aliphatic carbocycles. The van der Waals surface area contributed by atoms with Crippen molar-refractivity contribution in [3.8, 4) is 0 Å². The Bertz CT molecular complexity index is 806. The Labute approximate surface area is 138 Å². The van der Waals surface area contributed by atoms with Crippen molar-refractivity contribution in [1.82, 2.24) is 19.9 Å². The summed E-state index contributed by atoms with van der Waals surface area (Å²) in [7, 11) is 0. The number of hydrogen-bond acceptors (Lipinski definition) is 6. The molecule has 0 saturated carbocycles. The van der Waals surface area contributed by atoms with Crippen LogP contribution in [0.4, 0.5) is 16.3 Å². The normalized spacial score (nSPS) is 23.0. The maximum absolute atomic E-state index is 13.5. The lowest BCUT2D eigenvalue weighted by atomic mass is 10.0. The van der Waals surface area contributed by atoms with Crippen molar-refractivity contribution >= 4 is 11.9 Å². The molecule has 0 amide bonds. The van der Waals surface area contributed by atoms with Crippen LogP contribution < -0.4 is 15.4 Å². The first-order chi connectivity index (χ1) is 11.5. The third kappa shape index (κ3) is 2.51. The highest BCUT2D eigenvalue weighted by atomic mass is 19.1. The van der Waals surface area contributed by atoms with Crippen LogP contribution >= 0.6 is 0 Å². The number of anilines is 2. The van der Waals surface area contributed by atoms with E-state index >= 15 is 0 Å². The number of H-pyrrole nitrogens is 1. The number of rotatable bonds is 2. The Morgan fingerprint density at radius 1 is 1.08 bits per heavy atom. The Morgan fingerprint density at radius 3 is 2.25 bits per heavy atom. The van der Waals surface area contributed by atoms with Gasteiger partial charge in [0.1, 0.15) is 0 Å². The first-order valence-electron chi connectivity index (χ1n) is 8.06. The van der Waals surface area contributed by atoms with Crippen LogP contribution in [0.3, 0.4) is 0 Å². The van der Waals surface area contributed by atoms with E-state index in [0.29, 0.717) is 17.8 Å². The first kappa shape index (κ1) is 15.0. The molecule has 7 nitrogen and oxygen atoms in total. The van der Waals surface area contributed by atoms with Crippen molar-refractivity contribution in [2.75, 3.05) is 36.0 Å². The van der Waals surface area contributed by atoms with Gasteiger partial charge >= 0.3 is 0 Å². The predicted octanol–water partition coefficient (Wildman–Crippen LogP) is 0.888. The second-order valence-corrected chi connectivity index (χ2v) is 6.68. The maximum atomic E-state index is 13.5. The SMILES string of the molecule is Cc1cnc(N2CC3CN(c4nc(C)c(F)c(=O)[nH]4)CC3C2)nc1. The van der Waals surface area contributed by atoms with E-state index in [1.54, 1.807) is 0 Å². The number of aromatic nitrogens is 4. The molecule has 1 N–H and O–H groups in total. The second kappa shape index (κ2) is 5.54. The summed E-state index contributed by atoms with van der Waals surface area (Å²) in [6.45, 7) is 6.84. The lowest BCUT2D eigenvalue weighted by Crippen LogP contribution is -2.32. The van der Waals surface area contributed by atoms with Gasteiger partial charge < -0.3 is 9.80 Å². The molecule has 2 aromatic heterocycles. The zero-order chi connectivity index (χ0) is 16.8. The summed E-state index contributed by atoms with van der Waals surface area (Å²) in [5.41, 5.74) is 0.482. The third-order valence-corrected chi connectivity index (χ3v) is 4.85. The molecular formula is C16H19FN6O. The van der Waals surface area contributed by atoms with E-state index in [0.717, 1.165) is 37.7 Å². The van der Waals surface area contributed by atoms with Gasteiger partial charge in [-0.2, -0.15) is 4.39 Å². The monoisotopic (exact) mass is 330 g/mol. The predicted molar refractivity (Wildman–Crippen MR) is 87.7 cm³/mol. The summed E-state index contributed by atoms with van der Waals surface area (Å²) in [6.07, 6.45) is 3.66. The average molecular weight is 330 g/mol. The number of aryl methyl sites for hydroxylation is 2. The topological polar surface area (TPSA) is 78.0 Å². The fourth-order valence-electron chi connectivity index (χ4n) is 3.58. The second-order valence-electron chi connectivity index (χ2n) is 6.68. The van der Waals surface area contributed by atoms with E-state index in [2.05, 4.69) is 24.8 Å². The molecule has 0 spiro atoms. The minimum atomic E-state index is -0.805. The van der Waals surface area contributed by atoms with Gasteiger partial charge in [-0.3, -0.25) is 9.78 Å². The quantitative estimate of drug-likeness (QED) is 0.881. The summed E-state index contributed by atoms with van der Waals surface area (Å²) in [6, 6.07) is 0. The molecule has 0 radical (unpaired) electrons. The zero-order valence-electron chi connectivity index (χ0n) is 13.7. The molecule has 2 aromatic rings. The lowest BCUT2D eigenvalue weighted by Gasteiger charge is -2.22. The standard InChI is InChI=1S/C16H19FN6O/c1-9-3-18-15(19-4-9)22-5-11-7-23(8-12(11)6-22)16-20-10(2)13(17)14(24)21-16/h3-4,11-12H,5-8H2,1-2H3,(H,20,21,24).